The summed E-state index contributed by atoms with van der Waals surface area (Å²) in [6, 6.07) is 3.94. The summed E-state index contributed by atoms with van der Waals surface area (Å²) < 4.78 is 6.35. The van der Waals surface area contributed by atoms with Gasteiger partial charge in [-0.3, -0.25) is 0 Å². The van der Waals surface area contributed by atoms with E-state index in [1.165, 1.54) is 34.0 Å². The van der Waals surface area contributed by atoms with E-state index in [1.54, 1.807) is 6.92 Å². The first-order chi connectivity index (χ1) is 19.0. The van der Waals surface area contributed by atoms with E-state index in [0.717, 1.165) is 55.2 Å². The zero-order valence-electron chi connectivity index (χ0n) is 23.9. The number of nitrogens with zero attached hydrogens (tertiary/aromatic N) is 1. The number of carboxylic acid groups (broad SMARTS) is 1. The van der Waals surface area contributed by atoms with Crippen LogP contribution < -0.4 is 4.74 Å². The van der Waals surface area contributed by atoms with E-state index in [-0.39, 0.29) is 34.6 Å². The van der Waals surface area contributed by atoms with Crippen molar-refractivity contribution in [3.8, 4) is 11.5 Å². The second-order valence-corrected chi connectivity index (χ2v) is 13.5. The smallest absolute Gasteiger partial charge is 0.353 e. The fraction of sp³-hybridized carbons (Fsp3) is 0.581. The number of phenolic OH excluding ortho intramolecular Hbond substituents is 1. The first-order valence-corrected chi connectivity index (χ1v) is 16.2. The molecule has 4 N–H and O–H groups in total. The lowest BCUT2D eigenvalue weighted by Gasteiger charge is -2.50. The number of aromatic hydroxyl groups is 1. The van der Waals surface area contributed by atoms with Gasteiger partial charge >= 0.3 is 5.97 Å². The Morgan fingerprint density at radius 3 is 2.73 bits per heavy atom. The summed E-state index contributed by atoms with van der Waals surface area (Å²) in [4.78, 5) is 14.2. The topological polar surface area (TPSA) is 110 Å². The number of aliphatic hydroxyl groups excluding tert-OH is 2. The number of unbranched alkanes of at least 4 members (excludes halogenated alkanes) is 2. The number of rotatable bonds is 13. The molecule has 9 heteroatoms. The van der Waals surface area contributed by atoms with Gasteiger partial charge in [-0.2, -0.15) is 0 Å². The number of phenols is 1. The van der Waals surface area contributed by atoms with Crippen LogP contribution in [-0.2, 0) is 11.2 Å². The number of hydrogen-bond acceptors (Lipinski definition) is 8. The van der Waals surface area contributed by atoms with Crippen LogP contribution in [0.25, 0.3) is 0 Å². The number of carbonyl (C=O) groups is 1. The number of aryl methyl sites for hydroxylation is 1. The van der Waals surface area contributed by atoms with E-state index in [4.69, 9.17) is 4.74 Å². The number of thioether (sulfide) groups is 2. The summed E-state index contributed by atoms with van der Waals surface area (Å²) in [7, 11) is 0. The molecule has 220 valence electrons. The number of allylic oxidation sites excluding steroid dienone is 3. The second kappa shape index (κ2) is 13.3. The van der Waals surface area contributed by atoms with Gasteiger partial charge in [0.25, 0.3) is 0 Å². The highest BCUT2D eigenvalue weighted by Gasteiger charge is 2.57. The Labute approximate surface area is 246 Å². The van der Waals surface area contributed by atoms with Gasteiger partial charge in [0, 0.05) is 22.1 Å². The molecule has 2 heterocycles. The molecule has 0 saturated carbocycles. The highest BCUT2D eigenvalue weighted by Crippen LogP contribution is 2.53. The van der Waals surface area contributed by atoms with Gasteiger partial charge in [0.1, 0.15) is 29.4 Å². The van der Waals surface area contributed by atoms with Gasteiger partial charge in [-0.1, -0.05) is 43.6 Å². The van der Waals surface area contributed by atoms with E-state index in [9.17, 15) is 25.2 Å². The van der Waals surface area contributed by atoms with Crippen LogP contribution in [-0.4, -0.2) is 60.7 Å². The van der Waals surface area contributed by atoms with Crippen LogP contribution >= 0.6 is 23.5 Å². The fourth-order valence-corrected chi connectivity index (χ4v) is 8.72. The Kier molecular flexibility index (Phi) is 10.2. The molecule has 0 aromatic heterocycles. The molecule has 0 spiro atoms. The van der Waals surface area contributed by atoms with Crippen molar-refractivity contribution in [3.05, 3.63) is 57.7 Å². The van der Waals surface area contributed by atoms with Crippen molar-refractivity contribution in [3.63, 3.8) is 0 Å². The first-order valence-electron chi connectivity index (χ1n) is 14.2. The Hall–Kier alpha value is -2.07. The number of aliphatic hydroxyl groups is 2. The maximum Gasteiger partial charge on any atom is 0.353 e. The summed E-state index contributed by atoms with van der Waals surface area (Å²) in [5.41, 5.74) is 4.33. The minimum Gasteiger partial charge on any atom is -0.507 e. The Morgan fingerprint density at radius 1 is 1.32 bits per heavy atom. The van der Waals surface area contributed by atoms with Crippen molar-refractivity contribution in [2.24, 2.45) is 11.8 Å². The van der Waals surface area contributed by atoms with E-state index in [2.05, 4.69) is 32.6 Å². The number of hydrogen-bond donors (Lipinski definition) is 4. The summed E-state index contributed by atoms with van der Waals surface area (Å²) in [5, 5.41) is 41.3. The molecule has 2 unspecified atom stereocenters. The molecule has 4 rings (SSSR count). The van der Waals surface area contributed by atoms with Gasteiger partial charge < -0.3 is 30.1 Å². The predicted octanol–water partition coefficient (Wildman–Crippen LogP) is 6.21. The summed E-state index contributed by atoms with van der Waals surface area (Å²) in [5.74, 6) is 0.326. The van der Waals surface area contributed by atoms with Gasteiger partial charge in [0.05, 0.1) is 17.4 Å². The maximum atomic E-state index is 12.0. The van der Waals surface area contributed by atoms with Crippen molar-refractivity contribution in [1.82, 2.24) is 4.90 Å². The molecule has 1 aliphatic carbocycles. The molecule has 0 radical (unpaired) electrons. The van der Waals surface area contributed by atoms with E-state index < -0.39 is 24.2 Å². The van der Waals surface area contributed by atoms with E-state index in [0.29, 0.717) is 16.4 Å². The minimum absolute atomic E-state index is 0.0232. The van der Waals surface area contributed by atoms with Crippen molar-refractivity contribution in [1.29, 1.82) is 0 Å². The Morgan fingerprint density at radius 2 is 2.08 bits per heavy atom. The van der Waals surface area contributed by atoms with Gasteiger partial charge in [0.2, 0.25) is 0 Å². The number of aliphatic carboxylic acids is 1. The lowest BCUT2D eigenvalue weighted by Crippen LogP contribution is -2.63. The molecule has 3 aliphatic rings. The average molecular weight is 590 g/mol. The molecule has 1 aromatic carbocycles. The normalized spacial score (nSPS) is 26.7. The van der Waals surface area contributed by atoms with Crippen LogP contribution in [0.2, 0.25) is 0 Å². The van der Waals surface area contributed by atoms with Gasteiger partial charge in [-0.25, -0.2) is 4.79 Å². The van der Waals surface area contributed by atoms with E-state index >= 15 is 0 Å². The maximum absolute atomic E-state index is 12.0. The number of ether oxygens (including phenoxy) is 1. The third-order valence-electron chi connectivity index (χ3n) is 8.27. The fourth-order valence-electron chi connectivity index (χ4n) is 6.12. The second-order valence-electron chi connectivity index (χ2n) is 11.3. The van der Waals surface area contributed by atoms with Crippen molar-refractivity contribution >= 4 is 29.5 Å². The van der Waals surface area contributed by atoms with Crippen molar-refractivity contribution in [2.75, 3.05) is 11.7 Å². The Balaban J connectivity index is 1.53. The zero-order valence-corrected chi connectivity index (χ0v) is 25.6. The molecule has 7 nitrogen and oxygen atoms in total. The molecule has 2 aliphatic heterocycles. The van der Waals surface area contributed by atoms with Gasteiger partial charge in [-0.15, -0.1) is 23.5 Å². The highest BCUT2D eigenvalue weighted by atomic mass is 32.2. The lowest BCUT2D eigenvalue weighted by atomic mass is 9.73. The van der Waals surface area contributed by atoms with Gasteiger partial charge in [-0.05, 0) is 70.1 Å². The third kappa shape index (κ3) is 6.37. The number of carboxylic acids is 1. The molecule has 6 atom stereocenters. The molecule has 1 aromatic rings. The van der Waals surface area contributed by atoms with Crippen LogP contribution in [0.3, 0.4) is 0 Å². The third-order valence-corrected chi connectivity index (χ3v) is 10.6. The van der Waals surface area contributed by atoms with Crippen LogP contribution in [0.1, 0.15) is 76.8 Å². The highest BCUT2D eigenvalue weighted by molar-refractivity contribution is 8.06. The molecule has 1 saturated heterocycles. The zero-order chi connectivity index (χ0) is 29.1. The molecule has 0 bridgehead atoms. The quantitative estimate of drug-likeness (QED) is 0.121. The van der Waals surface area contributed by atoms with Crippen LogP contribution in [0.4, 0.5) is 0 Å². The predicted molar refractivity (Wildman–Crippen MR) is 162 cm³/mol. The van der Waals surface area contributed by atoms with Crippen molar-refractivity contribution < 1.29 is 30.0 Å². The molecule has 40 heavy (non-hydrogen) atoms. The standard InChI is InChI=1S/C31H43NO6S2/c1-6-7-8-9-20-13-23(34)27(22-12-18(4)10-11-21(22)17(2)3)24(14-20)38-16-39-15-25-28(31(36)37)32-29(35)26(19(5)33)30(32)40-25/h12-14,19,21-22,26,29-30,33-35H,2,6-11,15-16H2,1,3-5H3,(H,36,37)/t19-,21+,22-,26+,29?,30?/m1/s1. The lowest BCUT2D eigenvalue weighted by molar-refractivity contribution is -0.167. The number of benzene rings is 1. The number of fused-ring (bicyclic) bond motifs is 1. The average Bonchev–Trinajstić information content (AvgIpc) is 3.20. The largest absolute Gasteiger partial charge is 0.507 e. The van der Waals surface area contributed by atoms with E-state index in [1.807, 2.05) is 13.0 Å². The minimum atomic E-state index is -1.08. The molecule has 0 amide bonds. The SMILES string of the molecule is C=C(C)[C@@H]1CCC(C)=C[C@H]1c1c(O)cc(CCCCC)cc1OCSCC1=C(C(=O)O)N2C(O)[C@H]([C@@H](C)O)C2S1. The van der Waals surface area contributed by atoms with Crippen LogP contribution in [0.15, 0.2) is 46.5 Å². The summed E-state index contributed by atoms with van der Waals surface area (Å²) in [6.07, 6.45) is 6.65. The Bertz CT molecular complexity index is 1180. The summed E-state index contributed by atoms with van der Waals surface area (Å²) in [6.45, 7) is 12.2. The van der Waals surface area contributed by atoms with Crippen LogP contribution in [0, 0.1) is 11.8 Å². The monoisotopic (exact) mass is 589 g/mol. The molecular formula is C31H43NO6S2. The summed E-state index contributed by atoms with van der Waals surface area (Å²) >= 11 is 2.86. The molecule has 1 fully saturated rings. The molecular weight excluding hydrogens is 546 g/mol. The van der Waals surface area contributed by atoms with Crippen molar-refractivity contribution in [2.45, 2.75) is 89.8 Å². The van der Waals surface area contributed by atoms with Crippen LogP contribution in [0.5, 0.6) is 11.5 Å². The van der Waals surface area contributed by atoms with Gasteiger partial charge in [0.15, 0.2) is 0 Å². The first kappa shape index (κ1) is 30.9.